The lowest BCUT2D eigenvalue weighted by atomic mass is 9.97. The first-order valence-corrected chi connectivity index (χ1v) is 9.96. The summed E-state index contributed by atoms with van der Waals surface area (Å²) in [6, 6.07) is 16.7. The van der Waals surface area contributed by atoms with E-state index in [2.05, 4.69) is 25.8 Å². The van der Waals surface area contributed by atoms with Crippen molar-refractivity contribution in [2.45, 2.75) is 27.3 Å². The van der Waals surface area contributed by atoms with E-state index < -0.39 is 0 Å². The zero-order valence-electron chi connectivity index (χ0n) is 18.0. The van der Waals surface area contributed by atoms with Gasteiger partial charge in [0.1, 0.15) is 11.8 Å². The van der Waals surface area contributed by atoms with Gasteiger partial charge in [0, 0.05) is 31.4 Å². The topological polar surface area (TPSA) is 85.7 Å². The molecule has 0 spiro atoms. The van der Waals surface area contributed by atoms with Crippen molar-refractivity contribution in [3.63, 3.8) is 0 Å². The van der Waals surface area contributed by atoms with Crippen molar-refractivity contribution < 1.29 is 4.74 Å². The summed E-state index contributed by atoms with van der Waals surface area (Å²) in [5, 5.41) is 8.89. The van der Waals surface area contributed by atoms with Gasteiger partial charge in [0.05, 0.1) is 16.8 Å². The summed E-state index contributed by atoms with van der Waals surface area (Å²) in [6.07, 6.45) is 1.47. The number of aryl methyl sites for hydroxylation is 1. The number of hydrogen-bond acceptors (Lipinski definition) is 5. The van der Waals surface area contributed by atoms with Crippen LogP contribution in [-0.2, 0) is 13.6 Å². The molecule has 0 saturated carbocycles. The van der Waals surface area contributed by atoms with Crippen LogP contribution in [0, 0.1) is 16.7 Å². The Hall–Kier alpha value is -3.92. The molecule has 156 valence electrons. The Bertz CT molecular complexity index is 1350. The highest BCUT2D eigenvalue weighted by atomic mass is 16.5. The van der Waals surface area contributed by atoms with E-state index in [1.165, 1.54) is 6.20 Å². The Morgan fingerprint density at radius 3 is 2.61 bits per heavy atom. The lowest BCUT2D eigenvalue weighted by Crippen LogP contribution is -2.27. The third kappa shape index (κ3) is 4.19. The van der Waals surface area contributed by atoms with Crippen LogP contribution in [-0.4, -0.2) is 19.1 Å². The van der Waals surface area contributed by atoms with Crippen LogP contribution in [0.3, 0.4) is 0 Å². The summed E-state index contributed by atoms with van der Waals surface area (Å²) in [7, 11) is 1.75. The van der Waals surface area contributed by atoms with E-state index in [1.807, 2.05) is 42.5 Å². The standard InChI is InChI=1S/C24H23N5O2/c1-24(2,3)15-29-20-10-9-19(27-22(20)28(4)23(29)30)17-6-5-7-18(12-17)31-21-11-8-16(13-25)14-26-21/h5-12,14H,15H2,1-4H3. The van der Waals surface area contributed by atoms with Crippen molar-refractivity contribution in [3.05, 3.63) is 70.8 Å². The van der Waals surface area contributed by atoms with Gasteiger partial charge < -0.3 is 4.74 Å². The Labute approximate surface area is 180 Å². The molecule has 7 heteroatoms. The van der Waals surface area contributed by atoms with Crippen molar-refractivity contribution in [1.82, 2.24) is 19.1 Å². The number of fused-ring (bicyclic) bond motifs is 1. The molecule has 0 aliphatic carbocycles. The van der Waals surface area contributed by atoms with Gasteiger partial charge in [0.15, 0.2) is 5.65 Å². The van der Waals surface area contributed by atoms with E-state index in [1.54, 1.807) is 28.3 Å². The van der Waals surface area contributed by atoms with E-state index >= 15 is 0 Å². The van der Waals surface area contributed by atoms with Crippen molar-refractivity contribution in [1.29, 1.82) is 5.26 Å². The molecule has 0 aliphatic heterocycles. The first-order valence-electron chi connectivity index (χ1n) is 9.96. The smallest absolute Gasteiger partial charge is 0.330 e. The van der Waals surface area contributed by atoms with E-state index in [0.29, 0.717) is 29.4 Å². The molecule has 0 radical (unpaired) electrons. The van der Waals surface area contributed by atoms with Gasteiger partial charge in [0.2, 0.25) is 5.88 Å². The number of nitrogens with zero attached hydrogens (tertiary/aromatic N) is 5. The summed E-state index contributed by atoms with van der Waals surface area (Å²) in [6.45, 7) is 6.93. The van der Waals surface area contributed by atoms with Gasteiger partial charge in [-0.3, -0.25) is 9.13 Å². The van der Waals surface area contributed by atoms with Gasteiger partial charge in [-0.05, 0) is 35.7 Å². The first kappa shape index (κ1) is 20.4. The second-order valence-corrected chi connectivity index (χ2v) is 8.65. The Morgan fingerprint density at radius 1 is 1.13 bits per heavy atom. The molecule has 0 atom stereocenters. The average molecular weight is 413 g/mol. The molecule has 0 amide bonds. The van der Waals surface area contributed by atoms with Crippen LogP contribution in [0.5, 0.6) is 11.6 Å². The van der Waals surface area contributed by atoms with Crippen molar-refractivity contribution in [3.8, 4) is 29.0 Å². The molecule has 4 aromatic rings. The number of aromatic nitrogens is 4. The average Bonchev–Trinajstić information content (AvgIpc) is 2.98. The highest BCUT2D eigenvalue weighted by molar-refractivity contribution is 5.76. The van der Waals surface area contributed by atoms with E-state index in [9.17, 15) is 4.79 Å². The molecule has 4 rings (SSSR count). The van der Waals surface area contributed by atoms with Crippen LogP contribution in [0.25, 0.3) is 22.4 Å². The van der Waals surface area contributed by atoms with E-state index in [4.69, 9.17) is 15.0 Å². The summed E-state index contributed by atoms with van der Waals surface area (Å²) in [5.74, 6) is 1.01. The monoisotopic (exact) mass is 413 g/mol. The number of hydrogen-bond donors (Lipinski definition) is 0. The van der Waals surface area contributed by atoms with E-state index in [0.717, 1.165) is 16.8 Å². The number of pyridine rings is 2. The minimum Gasteiger partial charge on any atom is -0.439 e. The fourth-order valence-corrected chi connectivity index (χ4v) is 3.41. The van der Waals surface area contributed by atoms with Crippen molar-refractivity contribution in [2.24, 2.45) is 12.5 Å². The van der Waals surface area contributed by atoms with Crippen molar-refractivity contribution >= 4 is 11.2 Å². The van der Waals surface area contributed by atoms with Crippen LogP contribution < -0.4 is 10.4 Å². The van der Waals surface area contributed by atoms with Crippen LogP contribution in [0.15, 0.2) is 59.5 Å². The zero-order chi connectivity index (χ0) is 22.2. The molecule has 3 aromatic heterocycles. The number of benzene rings is 1. The van der Waals surface area contributed by atoms with Gasteiger partial charge in [-0.15, -0.1) is 0 Å². The zero-order valence-corrected chi connectivity index (χ0v) is 18.0. The molecule has 0 bridgehead atoms. The lowest BCUT2D eigenvalue weighted by molar-refractivity contribution is 0.342. The second-order valence-electron chi connectivity index (χ2n) is 8.65. The van der Waals surface area contributed by atoms with Crippen LogP contribution in [0.4, 0.5) is 0 Å². The van der Waals surface area contributed by atoms with Gasteiger partial charge in [-0.1, -0.05) is 32.9 Å². The number of ether oxygens (including phenoxy) is 1. The maximum atomic E-state index is 12.8. The predicted octanol–water partition coefficient (Wildman–Crippen LogP) is 4.51. The maximum Gasteiger partial charge on any atom is 0.330 e. The minimum atomic E-state index is -0.0708. The fourth-order valence-electron chi connectivity index (χ4n) is 3.41. The molecule has 1 aromatic carbocycles. The molecule has 31 heavy (non-hydrogen) atoms. The molecule has 3 heterocycles. The molecular formula is C24H23N5O2. The Kier molecular flexibility index (Phi) is 5.07. The largest absolute Gasteiger partial charge is 0.439 e. The summed E-state index contributed by atoms with van der Waals surface area (Å²) in [4.78, 5) is 21.7. The van der Waals surface area contributed by atoms with Crippen molar-refractivity contribution in [2.75, 3.05) is 0 Å². The van der Waals surface area contributed by atoms with Crippen LogP contribution in [0.2, 0.25) is 0 Å². The highest BCUT2D eigenvalue weighted by Crippen LogP contribution is 2.27. The second kappa shape index (κ2) is 7.73. The Balaban J connectivity index is 1.69. The summed E-state index contributed by atoms with van der Waals surface area (Å²) < 4.78 is 9.19. The number of nitriles is 1. The Morgan fingerprint density at radius 2 is 1.94 bits per heavy atom. The summed E-state index contributed by atoms with van der Waals surface area (Å²) in [5.41, 5.74) is 3.45. The first-order chi connectivity index (χ1) is 14.7. The number of imidazole rings is 1. The van der Waals surface area contributed by atoms with Gasteiger partial charge in [-0.2, -0.15) is 5.26 Å². The molecule has 0 unspecified atom stereocenters. The summed E-state index contributed by atoms with van der Waals surface area (Å²) >= 11 is 0. The van der Waals surface area contributed by atoms with Gasteiger partial charge in [0.25, 0.3) is 0 Å². The van der Waals surface area contributed by atoms with E-state index in [-0.39, 0.29) is 11.1 Å². The lowest BCUT2D eigenvalue weighted by Gasteiger charge is -2.18. The maximum absolute atomic E-state index is 12.8. The molecule has 0 aliphatic rings. The molecule has 7 nitrogen and oxygen atoms in total. The fraction of sp³-hybridized carbons (Fsp3) is 0.250. The molecule has 0 saturated heterocycles. The number of rotatable bonds is 4. The quantitative estimate of drug-likeness (QED) is 0.491. The third-order valence-corrected chi connectivity index (χ3v) is 4.83. The predicted molar refractivity (Wildman–Crippen MR) is 119 cm³/mol. The molecule has 0 fully saturated rings. The SMILES string of the molecule is Cn1c(=O)n(CC(C)(C)C)c2ccc(-c3cccc(Oc4ccc(C#N)cn4)c3)nc21. The molecular weight excluding hydrogens is 390 g/mol. The van der Waals surface area contributed by atoms with Crippen LogP contribution >= 0.6 is 0 Å². The minimum absolute atomic E-state index is 0.0259. The normalized spacial score (nSPS) is 11.5. The third-order valence-electron chi connectivity index (χ3n) is 4.83. The van der Waals surface area contributed by atoms with Crippen LogP contribution in [0.1, 0.15) is 26.3 Å². The van der Waals surface area contributed by atoms with Gasteiger partial charge >= 0.3 is 5.69 Å². The van der Waals surface area contributed by atoms with Gasteiger partial charge in [-0.25, -0.2) is 14.8 Å². The highest BCUT2D eigenvalue weighted by Gasteiger charge is 2.19. The molecule has 0 N–H and O–H groups in total.